The molecule has 0 aromatic heterocycles. The van der Waals surface area contributed by atoms with Crippen molar-refractivity contribution in [3.8, 4) is 0 Å². The first-order valence-electron chi connectivity index (χ1n) is 5.77. The van der Waals surface area contributed by atoms with E-state index in [9.17, 15) is 4.79 Å². The molecule has 2 rings (SSSR count). The molecule has 0 aliphatic heterocycles. The summed E-state index contributed by atoms with van der Waals surface area (Å²) < 4.78 is 5.01. The summed E-state index contributed by atoms with van der Waals surface area (Å²) in [5, 5.41) is 3.07. The van der Waals surface area contributed by atoms with Gasteiger partial charge in [0.05, 0.1) is 0 Å². The monoisotopic (exact) mass is 212 g/mol. The molecule has 0 saturated heterocycles. The van der Waals surface area contributed by atoms with E-state index in [1.54, 1.807) is 0 Å². The second-order valence-electron chi connectivity index (χ2n) is 4.75. The first kappa shape index (κ1) is 10.9. The number of hydrogen-bond acceptors (Lipinski definition) is 3. The Hall–Kier alpha value is -0.610. The topological polar surface area (TPSA) is 64.3 Å². The summed E-state index contributed by atoms with van der Waals surface area (Å²) in [6.45, 7) is 0.253. The molecule has 0 spiro atoms. The molecular formula is C11H20N2O2. The van der Waals surface area contributed by atoms with Crippen molar-refractivity contribution < 1.29 is 9.53 Å². The minimum absolute atomic E-state index is 0.0439. The van der Waals surface area contributed by atoms with E-state index in [4.69, 9.17) is 10.5 Å². The van der Waals surface area contributed by atoms with E-state index in [0.29, 0.717) is 12.0 Å². The molecule has 1 amide bonds. The quantitative estimate of drug-likeness (QED) is 0.703. The summed E-state index contributed by atoms with van der Waals surface area (Å²) in [5.74, 6) is 1.51. The number of methoxy groups -OCH3 is 1. The van der Waals surface area contributed by atoms with E-state index in [0.717, 1.165) is 12.3 Å². The summed E-state index contributed by atoms with van der Waals surface area (Å²) in [6.07, 6.45) is 4.59. The smallest absolute Gasteiger partial charge is 0.250 e. The van der Waals surface area contributed by atoms with Crippen LogP contribution in [-0.4, -0.2) is 31.7 Å². The normalized spacial score (nSPS) is 35.5. The molecular weight excluding hydrogens is 192 g/mol. The van der Waals surface area contributed by atoms with Crippen LogP contribution >= 0.6 is 0 Å². The molecule has 2 fully saturated rings. The standard InChI is InChI=1S/C11H20N2O2/c1-15-10(6-12)11(14)13-9-5-7-2-3-8(9)4-7/h7-10H,2-6,12H2,1H3,(H,13,14). The molecule has 0 radical (unpaired) electrons. The number of nitrogens with one attached hydrogen (secondary N) is 1. The Bertz CT molecular complexity index is 241. The molecule has 2 aliphatic carbocycles. The van der Waals surface area contributed by atoms with Crippen LogP contribution in [0.25, 0.3) is 0 Å². The number of carbonyl (C=O) groups is 1. The van der Waals surface area contributed by atoms with Crippen LogP contribution in [0.4, 0.5) is 0 Å². The highest BCUT2D eigenvalue weighted by atomic mass is 16.5. The lowest BCUT2D eigenvalue weighted by Crippen LogP contribution is -2.46. The zero-order valence-corrected chi connectivity index (χ0v) is 9.24. The molecule has 2 saturated carbocycles. The van der Waals surface area contributed by atoms with Gasteiger partial charge in [-0.1, -0.05) is 6.42 Å². The molecule has 0 aromatic carbocycles. The van der Waals surface area contributed by atoms with E-state index in [1.807, 2.05) is 0 Å². The van der Waals surface area contributed by atoms with Crippen molar-refractivity contribution in [2.75, 3.05) is 13.7 Å². The lowest BCUT2D eigenvalue weighted by Gasteiger charge is -2.24. The zero-order valence-electron chi connectivity index (χ0n) is 9.24. The van der Waals surface area contributed by atoms with E-state index in [-0.39, 0.29) is 12.5 Å². The van der Waals surface area contributed by atoms with Crippen LogP contribution in [0.2, 0.25) is 0 Å². The highest BCUT2D eigenvalue weighted by Crippen LogP contribution is 2.44. The largest absolute Gasteiger partial charge is 0.370 e. The minimum atomic E-state index is -0.482. The van der Waals surface area contributed by atoms with Gasteiger partial charge in [-0.05, 0) is 31.1 Å². The van der Waals surface area contributed by atoms with Gasteiger partial charge < -0.3 is 15.8 Å². The fraction of sp³-hybridized carbons (Fsp3) is 0.909. The van der Waals surface area contributed by atoms with Crippen LogP contribution in [0.3, 0.4) is 0 Å². The molecule has 4 atom stereocenters. The third-order valence-electron chi connectivity index (χ3n) is 3.86. The van der Waals surface area contributed by atoms with E-state index in [1.165, 1.54) is 26.4 Å². The van der Waals surface area contributed by atoms with Crippen molar-refractivity contribution in [2.24, 2.45) is 17.6 Å². The number of nitrogens with two attached hydrogens (primary N) is 1. The average molecular weight is 212 g/mol. The van der Waals surface area contributed by atoms with Gasteiger partial charge in [-0.25, -0.2) is 0 Å². The molecule has 15 heavy (non-hydrogen) atoms. The molecule has 3 N–H and O–H groups in total. The van der Waals surface area contributed by atoms with Crippen molar-refractivity contribution in [3.05, 3.63) is 0 Å². The second kappa shape index (κ2) is 4.49. The van der Waals surface area contributed by atoms with E-state index < -0.39 is 6.10 Å². The third kappa shape index (κ3) is 2.16. The highest BCUT2D eigenvalue weighted by Gasteiger charge is 2.40. The minimum Gasteiger partial charge on any atom is -0.370 e. The van der Waals surface area contributed by atoms with Crippen LogP contribution in [0.5, 0.6) is 0 Å². The van der Waals surface area contributed by atoms with Gasteiger partial charge in [0.2, 0.25) is 0 Å². The Morgan fingerprint density at radius 2 is 2.33 bits per heavy atom. The lowest BCUT2D eigenvalue weighted by molar-refractivity contribution is -0.131. The maximum absolute atomic E-state index is 11.7. The van der Waals surface area contributed by atoms with Crippen molar-refractivity contribution in [2.45, 2.75) is 37.8 Å². The van der Waals surface area contributed by atoms with Crippen molar-refractivity contribution in [3.63, 3.8) is 0 Å². The van der Waals surface area contributed by atoms with Gasteiger partial charge in [0.25, 0.3) is 5.91 Å². The number of carbonyl (C=O) groups excluding carboxylic acids is 1. The van der Waals surface area contributed by atoms with Gasteiger partial charge in [0.15, 0.2) is 0 Å². The first-order chi connectivity index (χ1) is 7.24. The number of amides is 1. The summed E-state index contributed by atoms with van der Waals surface area (Å²) in [7, 11) is 1.53. The first-order valence-corrected chi connectivity index (χ1v) is 5.77. The predicted molar refractivity (Wildman–Crippen MR) is 57.2 cm³/mol. The number of ether oxygens (including phenoxy) is 1. The molecule has 0 aromatic rings. The SMILES string of the molecule is COC(CN)C(=O)NC1CC2CCC1C2. The molecule has 2 aliphatic rings. The summed E-state index contributed by atoms with van der Waals surface area (Å²) in [4.78, 5) is 11.7. The second-order valence-corrected chi connectivity index (χ2v) is 4.75. The maximum Gasteiger partial charge on any atom is 0.250 e. The maximum atomic E-state index is 11.7. The van der Waals surface area contributed by atoms with Crippen LogP contribution in [0, 0.1) is 11.8 Å². The molecule has 4 nitrogen and oxygen atoms in total. The van der Waals surface area contributed by atoms with Gasteiger partial charge in [-0.2, -0.15) is 0 Å². The van der Waals surface area contributed by atoms with E-state index in [2.05, 4.69) is 5.32 Å². The summed E-state index contributed by atoms with van der Waals surface area (Å²) in [6, 6.07) is 0.375. The summed E-state index contributed by atoms with van der Waals surface area (Å²) >= 11 is 0. The fourth-order valence-electron chi connectivity index (χ4n) is 3.01. The van der Waals surface area contributed by atoms with Crippen LogP contribution in [0.1, 0.15) is 25.7 Å². The zero-order chi connectivity index (χ0) is 10.8. The fourth-order valence-corrected chi connectivity index (χ4v) is 3.01. The Labute approximate surface area is 90.5 Å². The van der Waals surface area contributed by atoms with Crippen LogP contribution in [-0.2, 0) is 9.53 Å². The number of rotatable bonds is 4. The highest BCUT2D eigenvalue weighted by molar-refractivity contribution is 5.81. The Balaban J connectivity index is 1.84. The van der Waals surface area contributed by atoms with Crippen LogP contribution < -0.4 is 11.1 Å². The van der Waals surface area contributed by atoms with E-state index >= 15 is 0 Å². The Kier molecular flexibility index (Phi) is 3.26. The van der Waals surface area contributed by atoms with Gasteiger partial charge >= 0.3 is 0 Å². The summed E-state index contributed by atoms with van der Waals surface area (Å²) in [5.41, 5.74) is 5.45. The molecule has 0 heterocycles. The molecule has 2 bridgehead atoms. The molecule has 4 unspecified atom stereocenters. The van der Waals surface area contributed by atoms with Crippen molar-refractivity contribution in [1.29, 1.82) is 0 Å². The van der Waals surface area contributed by atoms with Gasteiger partial charge in [-0.3, -0.25) is 4.79 Å². The van der Waals surface area contributed by atoms with Gasteiger partial charge in [-0.15, -0.1) is 0 Å². The lowest BCUT2D eigenvalue weighted by atomic mass is 9.95. The number of fused-ring (bicyclic) bond motifs is 2. The van der Waals surface area contributed by atoms with Gasteiger partial charge in [0, 0.05) is 19.7 Å². The van der Waals surface area contributed by atoms with Crippen LogP contribution in [0.15, 0.2) is 0 Å². The Morgan fingerprint density at radius 3 is 2.80 bits per heavy atom. The molecule has 86 valence electrons. The molecule has 4 heteroatoms. The average Bonchev–Trinajstić information content (AvgIpc) is 2.81. The van der Waals surface area contributed by atoms with Crippen molar-refractivity contribution >= 4 is 5.91 Å². The van der Waals surface area contributed by atoms with Crippen molar-refractivity contribution in [1.82, 2.24) is 5.32 Å². The number of hydrogen-bond donors (Lipinski definition) is 2. The third-order valence-corrected chi connectivity index (χ3v) is 3.86. The predicted octanol–water partition coefficient (Wildman–Crippen LogP) is 0.265. The Morgan fingerprint density at radius 1 is 1.53 bits per heavy atom. The van der Waals surface area contributed by atoms with Gasteiger partial charge in [0.1, 0.15) is 6.10 Å².